The maximum absolute atomic E-state index is 10.2. The Balaban J connectivity index is 1.29. The first-order chi connectivity index (χ1) is 41.2. The molecule has 9 aromatic carbocycles. The normalized spacial score (nSPS) is 17.1. The van der Waals surface area contributed by atoms with Crippen molar-refractivity contribution in [1.82, 2.24) is 24.1 Å². The van der Waals surface area contributed by atoms with Gasteiger partial charge in [-0.05, 0) is 69.7 Å². The number of aromatic nitrogens is 5. The number of nitrogens with zero attached hydrogens (tertiary/aromatic N) is 5. The summed E-state index contributed by atoms with van der Waals surface area (Å²) >= 11 is 1.53. The zero-order valence-corrected chi connectivity index (χ0v) is 32.8. The Morgan fingerprint density at radius 1 is 0.365 bits per heavy atom. The predicted molar refractivity (Wildman–Crippen MR) is 263 cm³/mol. The Bertz CT molecular complexity index is 5080. The van der Waals surface area contributed by atoms with Crippen LogP contribution in [-0.2, 0) is 0 Å². The Labute approximate surface area is 400 Å². The average Bonchev–Trinajstić information content (AvgIpc) is 1.66. The molecule has 5 nitrogen and oxygen atoms in total. The van der Waals surface area contributed by atoms with E-state index in [2.05, 4.69) is 0 Å². The summed E-state index contributed by atoms with van der Waals surface area (Å²) in [5, 5.41) is -0.118. The van der Waals surface area contributed by atoms with Gasteiger partial charge in [0.05, 0.1) is 55.0 Å². The summed E-state index contributed by atoms with van der Waals surface area (Å²) in [6.07, 6.45) is 0. The lowest BCUT2D eigenvalue weighted by Gasteiger charge is -2.15. The molecule has 0 fully saturated rings. The Morgan fingerprint density at radius 3 is 1.49 bits per heavy atom. The maximum atomic E-state index is 10.2. The summed E-state index contributed by atoms with van der Waals surface area (Å²) in [6, 6.07) is -0.0112. The lowest BCUT2D eigenvalue weighted by Crippen LogP contribution is -2.10. The minimum absolute atomic E-state index is 0.205. The monoisotopic (exact) mass is 845 g/mol. The first-order valence-corrected chi connectivity index (χ1v) is 20.1. The topological polar surface area (TPSA) is 48.5 Å². The van der Waals surface area contributed by atoms with Gasteiger partial charge >= 0.3 is 0 Å². The van der Waals surface area contributed by atoms with Crippen molar-refractivity contribution in [2.75, 3.05) is 0 Å². The first kappa shape index (κ1) is 19.2. The third kappa shape index (κ3) is 5.66. The fourth-order valence-corrected chi connectivity index (χ4v) is 9.14. The highest BCUT2D eigenvalue weighted by Crippen LogP contribution is 2.43. The number of benzene rings is 9. The van der Waals surface area contributed by atoms with Crippen LogP contribution in [0.25, 0.3) is 120 Å². The average molecular weight is 846 g/mol. The summed E-state index contributed by atoms with van der Waals surface area (Å²) in [5.74, 6) is -1.67. The van der Waals surface area contributed by atoms with E-state index >= 15 is 0 Å². The summed E-state index contributed by atoms with van der Waals surface area (Å²) < 4.78 is 222. The van der Waals surface area contributed by atoms with Crippen LogP contribution in [-0.4, -0.2) is 24.1 Å². The van der Waals surface area contributed by atoms with E-state index in [0.717, 1.165) is 29.3 Å². The molecule has 0 aliphatic heterocycles. The van der Waals surface area contributed by atoms with Crippen LogP contribution < -0.4 is 0 Å². The van der Waals surface area contributed by atoms with Crippen LogP contribution in [0.2, 0.25) is 0 Å². The van der Waals surface area contributed by atoms with Crippen molar-refractivity contribution >= 4 is 75.1 Å². The lowest BCUT2D eigenvalue weighted by molar-refractivity contribution is 0.893. The van der Waals surface area contributed by atoms with Crippen molar-refractivity contribution in [3.05, 3.63) is 212 Å². The van der Waals surface area contributed by atoms with Gasteiger partial charge < -0.3 is 0 Å². The molecular formula is C57H35N5S. The van der Waals surface area contributed by atoms with Gasteiger partial charge in [-0.1, -0.05) is 175 Å². The largest absolute Gasteiger partial charge is 0.278 e. The molecule has 0 radical (unpaired) electrons. The van der Waals surface area contributed by atoms with E-state index in [-0.39, 0.29) is 22.2 Å². The third-order valence-corrected chi connectivity index (χ3v) is 11.8. The first-order valence-electron chi connectivity index (χ1n) is 31.2. The molecule has 0 saturated heterocycles. The van der Waals surface area contributed by atoms with E-state index < -0.39 is 212 Å². The molecule has 0 saturated carbocycles. The van der Waals surface area contributed by atoms with Gasteiger partial charge in [-0.2, -0.15) is 15.0 Å². The third-order valence-electron chi connectivity index (χ3n) is 10.7. The van der Waals surface area contributed by atoms with Crippen LogP contribution in [0, 0.1) is 0 Å². The number of hydrogen-bond acceptors (Lipinski definition) is 4. The van der Waals surface area contributed by atoms with Crippen LogP contribution in [0.4, 0.5) is 0 Å². The van der Waals surface area contributed by atoms with Crippen molar-refractivity contribution in [3.63, 3.8) is 0 Å². The summed E-state index contributed by atoms with van der Waals surface area (Å²) in [5.41, 5.74) is -3.68. The molecule has 0 spiro atoms. The highest BCUT2D eigenvalue weighted by atomic mass is 32.1. The quantitative estimate of drug-likeness (QED) is 0.167. The highest BCUT2D eigenvalue weighted by Gasteiger charge is 2.23. The standard InChI is InChI=1S/C57H35N5S/c1-3-16-36(17-4-1)38-30-32-43-44-33-31-39(37-18-5-2-6-19-37)35-51(44)62(50(43)34-38)57-59-55(58-56(60-57)61-48-26-12-9-21-41(48)42-22-10-13-27-49(42)61)46-23-8-7-20-40(46)45-25-15-29-53-54(45)47-24-11-14-28-52(47)63-53/h1-35H/i1D,2D,3D,4D,5D,6D,9D,10D,12D,13D,16D,17D,18D,19D,21D,22D,26D,27D,30D,31D,32D,33D,34D,35D. The van der Waals surface area contributed by atoms with Gasteiger partial charge in [0.25, 0.3) is 0 Å². The molecule has 0 unspecified atom stereocenters. The molecule has 4 aromatic heterocycles. The summed E-state index contributed by atoms with van der Waals surface area (Å²) in [4.78, 5) is 15.0. The zero-order valence-electron chi connectivity index (χ0n) is 56.0. The molecule has 13 aromatic rings. The second-order valence-electron chi connectivity index (χ2n) is 14.1. The Kier molecular flexibility index (Phi) is 4.34. The fourth-order valence-electron chi connectivity index (χ4n) is 8.01. The maximum Gasteiger partial charge on any atom is 0.240 e. The van der Waals surface area contributed by atoms with Gasteiger partial charge in [0.2, 0.25) is 11.9 Å². The second-order valence-corrected chi connectivity index (χ2v) is 15.2. The van der Waals surface area contributed by atoms with Crippen LogP contribution in [0.3, 0.4) is 0 Å². The smallest absolute Gasteiger partial charge is 0.240 e. The minimum Gasteiger partial charge on any atom is -0.278 e. The van der Waals surface area contributed by atoms with E-state index in [1.54, 1.807) is 24.3 Å². The molecule has 13 rings (SSSR count). The Hall–Kier alpha value is -8.19. The molecule has 6 heteroatoms. The molecule has 0 atom stereocenters. The minimum atomic E-state index is -0.910. The van der Waals surface area contributed by atoms with E-state index in [1.807, 2.05) is 42.5 Å². The SMILES string of the molecule is [2H]c1c([2H])c([2H])c(-c2c([2H])c([2H])c3c4c([2H])c([2H])c(-c5c([2H])c([2H])c([2H])c([2H])c5[2H])c([2H])c4n(-c4nc(-c5ccccc5-c5cccc6sc7ccccc7c56)nc(-n5c6c([2H])c([2H])c([2H])c([2H])c6c6c([2H])c([2H])c([2H])c([2H])c65)n4)c3c2[2H])c([2H])c1[2H]. The zero-order chi connectivity index (χ0) is 62.3. The number of hydrogen-bond donors (Lipinski definition) is 0. The van der Waals surface area contributed by atoms with Crippen molar-refractivity contribution in [3.8, 4) is 56.7 Å². The predicted octanol–water partition coefficient (Wildman–Crippen LogP) is 15.1. The van der Waals surface area contributed by atoms with Crippen molar-refractivity contribution in [1.29, 1.82) is 0 Å². The molecule has 294 valence electrons. The van der Waals surface area contributed by atoms with Gasteiger partial charge in [0.1, 0.15) is 0 Å². The van der Waals surface area contributed by atoms with Gasteiger partial charge in [-0.3, -0.25) is 9.13 Å². The second kappa shape index (κ2) is 14.2. The molecule has 0 bridgehead atoms. The van der Waals surface area contributed by atoms with E-state index in [4.69, 9.17) is 34.1 Å². The van der Waals surface area contributed by atoms with Gasteiger partial charge in [-0.15, -0.1) is 11.3 Å². The summed E-state index contributed by atoms with van der Waals surface area (Å²) in [6.45, 7) is 0. The molecule has 63 heavy (non-hydrogen) atoms. The van der Waals surface area contributed by atoms with Crippen molar-refractivity contribution in [2.24, 2.45) is 0 Å². The number of fused-ring (bicyclic) bond motifs is 9. The number of para-hydroxylation sites is 2. The van der Waals surface area contributed by atoms with E-state index in [9.17, 15) is 13.7 Å². The molecule has 0 aliphatic rings. The van der Waals surface area contributed by atoms with Gasteiger partial charge in [-0.25, -0.2) is 0 Å². The van der Waals surface area contributed by atoms with E-state index in [0.29, 0.717) is 11.1 Å². The van der Waals surface area contributed by atoms with Gasteiger partial charge in [0.15, 0.2) is 5.82 Å². The lowest BCUT2D eigenvalue weighted by atomic mass is 9.95. The highest BCUT2D eigenvalue weighted by molar-refractivity contribution is 7.25. The van der Waals surface area contributed by atoms with Crippen LogP contribution >= 0.6 is 11.3 Å². The summed E-state index contributed by atoms with van der Waals surface area (Å²) in [7, 11) is 0. The van der Waals surface area contributed by atoms with Gasteiger partial charge in [0, 0.05) is 47.3 Å². The van der Waals surface area contributed by atoms with Crippen LogP contribution in [0.5, 0.6) is 0 Å². The molecule has 0 amide bonds. The fraction of sp³-hybridized carbons (Fsp3) is 0. The number of rotatable bonds is 6. The van der Waals surface area contributed by atoms with Crippen molar-refractivity contribution < 1.29 is 32.9 Å². The van der Waals surface area contributed by atoms with E-state index in [1.165, 1.54) is 11.3 Å². The Morgan fingerprint density at radius 2 is 0.857 bits per heavy atom. The van der Waals surface area contributed by atoms with Crippen LogP contribution in [0.15, 0.2) is 212 Å². The van der Waals surface area contributed by atoms with Crippen molar-refractivity contribution in [2.45, 2.75) is 0 Å². The number of thiophene rings is 1. The van der Waals surface area contributed by atoms with Crippen LogP contribution in [0.1, 0.15) is 32.9 Å². The molecule has 0 aliphatic carbocycles. The molecule has 4 heterocycles. The molecular weight excluding hydrogens is 787 g/mol. The molecule has 0 N–H and O–H groups in total.